The van der Waals surface area contributed by atoms with Gasteiger partial charge in [0.2, 0.25) is 10.0 Å². The van der Waals surface area contributed by atoms with Crippen LogP contribution in [-0.4, -0.2) is 19.3 Å². The smallest absolute Gasteiger partial charge is 0.255 e. The van der Waals surface area contributed by atoms with Crippen LogP contribution < -0.4 is 10.5 Å². The quantitative estimate of drug-likeness (QED) is 0.689. The van der Waals surface area contributed by atoms with E-state index in [9.17, 15) is 13.2 Å². The fourth-order valence-electron chi connectivity index (χ4n) is 2.18. The predicted molar refractivity (Wildman–Crippen MR) is 84.1 cm³/mol. The number of fused-ring (bicyclic) bond motifs is 1. The number of para-hydroxylation sites is 1. The fraction of sp³-hybridized carbons (Fsp3) is 0. The number of rotatable bonds is 3. The van der Waals surface area contributed by atoms with Crippen molar-refractivity contribution < 1.29 is 13.2 Å². The molecule has 0 saturated carbocycles. The van der Waals surface area contributed by atoms with Crippen LogP contribution in [0.3, 0.4) is 0 Å². The second-order valence-corrected chi connectivity index (χ2v) is 6.33. The normalized spacial score (nSPS) is 11.5. The first-order valence-corrected chi connectivity index (χ1v) is 8.00. The molecule has 3 aromatic rings. The van der Waals surface area contributed by atoms with Crippen LogP contribution in [0.1, 0.15) is 10.4 Å². The van der Waals surface area contributed by atoms with E-state index in [1.807, 2.05) is 18.2 Å². The molecule has 1 amide bonds. The largest absolute Gasteiger partial charge is 0.359 e. The van der Waals surface area contributed by atoms with Crippen LogP contribution in [0, 0.1) is 0 Å². The Labute approximate surface area is 127 Å². The summed E-state index contributed by atoms with van der Waals surface area (Å²) in [5.41, 5.74) is 1.83. The third-order valence-corrected chi connectivity index (χ3v) is 4.21. The van der Waals surface area contributed by atoms with E-state index in [0.717, 1.165) is 10.9 Å². The van der Waals surface area contributed by atoms with Crippen molar-refractivity contribution >= 4 is 32.5 Å². The van der Waals surface area contributed by atoms with E-state index < -0.39 is 10.0 Å². The number of carbonyl (C=O) groups excluding carboxylic acids is 1. The standard InChI is InChI=1S/C15H13N3O3S/c16-22(20,21)12-6-4-11(5-7-12)15(19)18-13-3-1-2-10-8-9-17-14(10)13/h1-9,17H,(H,18,19)(H2,16,20,21). The first-order valence-electron chi connectivity index (χ1n) is 6.45. The topological polar surface area (TPSA) is 105 Å². The lowest BCUT2D eigenvalue weighted by atomic mass is 10.2. The van der Waals surface area contributed by atoms with Crippen molar-refractivity contribution in [1.82, 2.24) is 4.98 Å². The average Bonchev–Trinajstić information content (AvgIpc) is 2.96. The van der Waals surface area contributed by atoms with Crippen molar-refractivity contribution in [3.8, 4) is 0 Å². The molecule has 1 heterocycles. The van der Waals surface area contributed by atoms with E-state index >= 15 is 0 Å². The van der Waals surface area contributed by atoms with Crippen molar-refractivity contribution in [2.45, 2.75) is 4.90 Å². The zero-order valence-electron chi connectivity index (χ0n) is 11.4. The van der Waals surface area contributed by atoms with Crippen molar-refractivity contribution in [2.75, 3.05) is 5.32 Å². The van der Waals surface area contributed by atoms with Gasteiger partial charge in [-0.2, -0.15) is 0 Å². The van der Waals surface area contributed by atoms with E-state index in [1.54, 1.807) is 12.3 Å². The molecule has 2 aromatic carbocycles. The second-order valence-electron chi connectivity index (χ2n) is 4.77. The van der Waals surface area contributed by atoms with Crippen LogP contribution in [0.2, 0.25) is 0 Å². The number of hydrogen-bond acceptors (Lipinski definition) is 3. The number of carbonyl (C=O) groups is 1. The Kier molecular flexibility index (Phi) is 3.44. The lowest BCUT2D eigenvalue weighted by Gasteiger charge is -2.07. The van der Waals surface area contributed by atoms with Crippen LogP contribution in [0.4, 0.5) is 5.69 Å². The van der Waals surface area contributed by atoms with Gasteiger partial charge in [-0.05, 0) is 36.4 Å². The molecule has 0 bridgehead atoms. The number of nitrogens with two attached hydrogens (primary N) is 1. The van der Waals surface area contributed by atoms with Crippen molar-refractivity contribution in [2.24, 2.45) is 5.14 Å². The van der Waals surface area contributed by atoms with Crippen molar-refractivity contribution in [3.05, 3.63) is 60.3 Å². The number of amides is 1. The Morgan fingerprint density at radius 2 is 1.77 bits per heavy atom. The molecule has 7 heteroatoms. The average molecular weight is 315 g/mol. The molecular weight excluding hydrogens is 302 g/mol. The number of nitrogens with one attached hydrogen (secondary N) is 2. The van der Waals surface area contributed by atoms with E-state index in [2.05, 4.69) is 10.3 Å². The Balaban J connectivity index is 1.87. The molecule has 22 heavy (non-hydrogen) atoms. The van der Waals surface area contributed by atoms with E-state index in [0.29, 0.717) is 11.3 Å². The highest BCUT2D eigenvalue weighted by molar-refractivity contribution is 7.89. The minimum atomic E-state index is -3.76. The molecule has 3 rings (SSSR count). The van der Waals surface area contributed by atoms with Gasteiger partial charge in [-0.3, -0.25) is 4.79 Å². The van der Waals surface area contributed by atoms with Crippen molar-refractivity contribution in [1.29, 1.82) is 0 Å². The zero-order chi connectivity index (χ0) is 15.7. The number of hydrogen-bond donors (Lipinski definition) is 3. The van der Waals surface area contributed by atoms with Gasteiger partial charge in [0.15, 0.2) is 0 Å². The SMILES string of the molecule is NS(=O)(=O)c1ccc(C(=O)Nc2cccc3cc[nH]c23)cc1. The van der Waals surface area contributed by atoms with Crippen LogP contribution in [0.15, 0.2) is 59.6 Å². The summed E-state index contributed by atoms with van der Waals surface area (Å²) in [6, 6.07) is 12.9. The highest BCUT2D eigenvalue weighted by Gasteiger charge is 2.11. The van der Waals surface area contributed by atoms with E-state index in [-0.39, 0.29) is 10.8 Å². The monoisotopic (exact) mass is 315 g/mol. The fourth-order valence-corrected chi connectivity index (χ4v) is 2.70. The molecule has 0 aliphatic carbocycles. The van der Waals surface area contributed by atoms with Gasteiger partial charge in [0.25, 0.3) is 5.91 Å². The summed E-state index contributed by atoms with van der Waals surface area (Å²) in [7, 11) is -3.76. The molecule has 6 nitrogen and oxygen atoms in total. The summed E-state index contributed by atoms with van der Waals surface area (Å²) >= 11 is 0. The maximum Gasteiger partial charge on any atom is 0.255 e. The first-order chi connectivity index (χ1) is 10.4. The number of H-pyrrole nitrogens is 1. The third-order valence-electron chi connectivity index (χ3n) is 3.28. The molecule has 1 aromatic heterocycles. The van der Waals surface area contributed by atoms with Gasteiger partial charge in [0, 0.05) is 17.1 Å². The van der Waals surface area contributed by atoms with Gasteiger partial charge >= 0.3 is 0 Å². The molecule has 112 valence electrons. The van der Waals surface area contributed by atoms with E-state index in [1.165, 1.54) is 24.3 Å². The Hall–Kier alpha value is -2.64. The molecule has 0 saturated heterocycles. The molecule has 0 atom stereocenters. The highest BCUT2D eigenvalue weighted by atomic mass is 32.2. The van der Waals surface area contributed by atoms with Crippen LogP contribution >= 0.6 is 0 Å². The van der Waals surface area contributed by atoms with Gasteiger partial charge in [-0.1, -0.05) is 12.1 Å². The maximum absolute atomic E-state index is 12.2. The molecular formula is C15H13N3O3S. The minimum Gasteiger partial charge on any atom is -0.359 e. The number of aromatic nitrogens is 1. The van der Waals surface area contributed by atoms with Gasteiger partial charge in [-0.25, -0.2) is 13.6 Å². The summed E-state index contributed by atoms with van der Waals surface area (Å²) in [4.78, 5) is 15.3. The van der Waals surface area contributed by atoms with E-state index in [4.69, 9.17) is 5.14 Å². The molecule has 0 spiro atoms. The number of anilines is 1. The van der Waals surface area contributed by atoms with Crippen LogP contribution in [0.25, 0.3) is 10.9 Å². The Morgan fingerprint density at radius 3 is 2.45 bits per heavy atom. The minimum absolute atomic E-state index is 0.0319. The number of sulfonamides is 1. The lowest BCUT2D eigenvalue weighted by Crippen LogP contribution is -2.14. The molecule has 0 aliphatic heterocycles. The highest BCUT2D eigenvalue weighted by Crippen LogP contribution is 2.22. The second kappa shape index (κ2) is 5.28. The summed E-state index contributed by atoms with van der Waals surface area (Å²) < 4.78 is 22.4. The summed E-state index contributed by atoms with van der Waals surface area (Å²) in [5, 5.41) is 8.81. The maximum atomic E-state index is 12.2. The molecule has 0 radical (unpaired) electrons. The van der Waals surface area contributed by atoms with Crippen LogP contribution in [-0.2, 0) is 10.0 Å². The lowest BCUT2D eigenvalue weighted by molar-refractivity contribution is 0.102. The molecule has 0 fully saturated rings. The molecule has 0 unspecified atom stereocenters. The van der Waals surface area contributed by atoms with Gasteiger partial charge < -0.3 is 10.3 Å². The zero-order valence-corrected chi connectivity index (χ0v) is 12.2. The summed E-state index contributed by atoms with van der Waals surface area (Å²) in [5.74, 6) is -0.330. The number of primary sulfonamides is 1. The van der Waals surface area contributed by atoms with Crippen molar-refractivity contribution in [3.63, 3.8) is 0 Å². The molecule has 0 aliphatic rings. The Morgan fingerprint density at radius 1 is 1.05 bits per heavy atom. The summed E-state index contributed by atoms with van der Waals surface area (Å²) in [6.07, 6.45) is 1.79. The van der Waals surface area contributed by atoms with Crippen LogP contribution in [0.5, 0.6) is 0 Å². The Bertz CT molecular complexity index is 944. The summed E-state index contributed by atoms with van der Waals surface area (Å²) in [6.45, 7) is 0. The van der Waals surface area contributed by atoms with Gasteiger partial charge in [0.1, 0.15) is 0 Å². The number of aromatic amines is 1. The first kappa shape index (κ1) is 14.3. The molecule has 4 N–H and O–H groups in total. The van der Waals surface area contributed by atoms with Gasteiger partial charge in [-0.15, -0.1) is 0 Å². The number of benzene rings is 2. The third kappa shape index (κ3) is 2.72. The van der Waals surface area contributed by atoms with Gasteiger partial charge in [0.05, 0.1) is 16.1 Å². The predicted octanol–water partition coefficient (Wildman–Crippen LogP) is 2.07.